The standard InChI is InChI=1S/C7H4ClN.C6H3Cl2NO3/c1-9-7-4-2-6(8)3-5-7;7-4-1-2-6(12-8)5(3-4)9(10)11/h2-5H;1-3H. The van der Waals surface area contributed by atoms with Crippen molar-refractivity contribution in [2.75, 3.05) is 0 Å². The van der Waals surface area contributed by atoms with Crippen LogP contribution in [-0.2, 0) is 0 Å². The average molecular weight is 346 g/mol. The zero-order chi connectivity index (χ0) is 15.8. The zero-order valence-corrected chi connectivity index (χ0v) is 12.6. The van der Waals surface area contributed by atoms with Crippen LogP contribution in [0.4, 0.5) is 11.4 Å². The molecular formula is C13H7Cl3N2O3. The molecule has 2 aromatic carbocycles. The maximum Gasteiger partial charge on any atom is 0.314 e. The number of nitrogens with zero attached hydrogens (tertiary/aromatic N) is 2. The molecule has 0 heterocycles. The summed E-state index contributed by atoms with van der Waals surface area (Å²) in [6.45, 7) is 6.60. The normalized spacial score (nSPS) is 9.05. The average Bonchev–Trinajstić information content (AvgIpc) is 2.48. The van der Waals surface area contributed by atoms with E-state index >= 15 is 0 Å². The van der Waals surface area contributed by atoms with Crippen LogP contribution in [0.3, 0.4) is 0 Å². The Morgan fingerprint density at radius 3 is 2.14 bits per heavy atom. The summed E-state index contributed by atoms with van der Waals surface area (Å²) in [6, 6.07) is 10.7. The van der Waals surface area contributed by atoms with Crippen LogP contribution < -0.4 is 4.29 Å². The molecule has 0 aliphatic rings. The zero-order valence-electron chi connectivity index (χ0n) is 10.3. The van der Waals surface area contributed by atoms with E-state index in [4.69, 9.17) is 41.6 Å². The Bertz CT molecular complexity index is 669. The lowest BCUT2D eigenvalue weighted by molar-refractivity contribution is -0.385. The molecule has 0 aromatic heterocycles. The SMILES string of the molecule is O=[N+]([O-])c1cc(Cl)ccc1OCl.[C-]#[N+]c1ccc(Cl)cc1. The van der Waals surface area contributed by atoms with E-state index in [0.29, 0.717) is 10.7 Å². The minimum absolute atomic E-state index is 0.0222. The second-order valence-corrected chi connectivity index (χ2v) is 4.56. The van der Waals surface area contributed by atoms with Gasteiger partial charge in [0.2, 0.25) is 5.75 Å². The molecule has 0 aliphatic heterocycles. The Kier molecular flexibility index (Phi) is 6.76. The third kappa shape index (κ3) is 5.48. The predicted octanol–water partition coefficient (Wildman–Crippen LogP) is 5.67. The van der Waals surface area contributed by atoms with Gasteiger partial charge in [-0.3, -0.25) is 10.1 Å². The third-order valence-corrected chi connectivity index (χ3v) is 2.81. The van der Waals surface area contributed by atoms with Gasteiger partial charge in [-0.05, 0) is 12.1 Å². The summed E-state index contributed by atoms with van der Waals surface area (Å²) in [4.78, 5) is 12.9. The number of rotatable bonds is 2. The third-order valence-electron chi connectivity index (χ3n) is 2.16. The Labute approximate surface area is 135 Å². The lowest BCUT2D eigenvalue weighted by Crippen LogP contribution is -1.90. The van der Waals surface area contributed by atoms with Crippen molar-refractivity contribution in [2.45, 2.75) is 0 Å². The smallest absolute Gasteiger partial charge is 0.314 e. The minimum Gasteiger partial charge on any atom is -0.378 e. The summed E-state index contributed by atoms with van der Waals surface area (Å²) >= 11 is 16.1. The molecule has 0 amide bonds. The molecule has 0 fully saturated rings. The van der Waals surface area contributed by atoms with E-state index in [9.17, 15) is 10.1 Å². The van der Waals surface area contributed by atoms with Crippen LogP contribution in [0.15, 0.2) is 42.5 Å². The van der Waals surface area contributed by atoms with Gasteiger partial charge in [0, 0.05) is 16.1 Å². The molecule has 0 saturated carbocycles. The first-order chi connectivity index (χ1) is 9.97. The molecule has 0 saturated heterocycles. The van der Waals surface area contributed by atoms with E-state index < -0.39 is 4.92 Å². The summed E-state index contributed by atoms with van der Waals surface area (Å²) in [5.41, 5.74) is 0.372. The molecule has 21 heavy (non-hydrogen) atoms. The molecule has 2 aromatic rings. The second kappa shape index (κ2) is 8.32. The number of benzene rings is 2. The summed E-state index contributed by atoms with van der Waals surface area (Å²) < 4.78 is 4.23. The Morgan fingerprint density at radius 2 is 1.67 bits per heavy atom. The van der Waals surface area contributed by atoms with Crippen molar-refractivity contribution >= 4 is 46.4 Å². The summed E-state index contributed by atoms with van der Waals surface area (Å²) in [5.74, 6) is -0.0222. The first-order valence-electron chi connectivity index (χ1n) is 5.33. The highest BCUT2D eigenvalue weighted by Crippen LogP contribution is 2.30. The monoisotopic (exact) mass is 344 g/mol. The fraction of sp³-hybridized carbons (Fsp3) is 0. The van der Waals surface area contributed by atoms with Crippen molar-refractivity contribution in [2.24, 2.45) is 0 Å². The summed E-state index contributed by atoms with van der Waals surface area (Å²) in [5, 5.41) is 11.3. The maximum atomic E-state index is 10.3. The highest BCUT2D eigenvalue weighted by molar-refractivity contribution is 6.31. The van der Waals surface area contributed by atoms with Crippen LogP contribution in [0.1, 0.15) is 0 Å². The van der Waals surface area contributed by atoms with Gasteiger partial charge in [0.15, 0.2) is 5.69 Å². The van der Waals surface area contributed by atoms with Gasteiger partial charge in [-0.2, -0.15) is 0 Å². The molecular weight excluding hydrogens is 339 g/mol. The molecule has 8 heteroatoms. The van der Waals surface area contributed by atoms with E-state index in [2.05, 4.69) is 9.13 Å². The van der Waals surface area contributed by atoms with Gasteiger partial charge >= 0.3 is 5.69 Å². The van der Waals surface area contributed by atoms with Crippen molar-refractivity contribution in [1.82, 2.24) is 0 Å². The first-order valence-corrected chi connectivity index (χ1v) is 6.40. The maximum absolute atomic E-state index is 10.3. The molecule has 0 radical (unpaired) electrons. The van der Waals surface area contributed by atoms with Crippen molar-refractivity contribution < 1.29 is 9.21 Å². The van der Waals surface area contributed by atoms with Gasteiger partial charge in [-0.15, -0.1) is 0 Å². The van der Waals surface area contributed by atoms with E-state index in [1.807, 2.05) is 0 Å². The number of nitro groups is 1. The summed E-state index contributed by atoms with van der Waals surface area (Å²) in [7, 11) is 0. The summed E-state index contributed by atoms with van der Waals surface area (Å²) in [6.07, 6.45) is 0. The Hall–Kier alpha value is -2.00. The van der Waals surface area contributed by atoms with Gasteiger partial charge in [0.1, 0.15) is 11.9 Å². The molecule has 2 rings (SSSR count). The number of hydrogen-bond donors (Lipinski definition) is 0. The molecule has 0 N–H and O–H groups in total. The van der Waals surface area contributed by atoms with Crippen LogP contribution in [-0.4, -0.2) is 4.92 Å². The highest BCUT2D eigenvalue weighted by Gasteiger charge is 2.15. The molecule has 0 atom stereocenters. The number of nitro benzene ring substituents is 1. The van der Waals surface area contributed by atoms with Gasteiger partial charge in [-0.25, -0.2) is 4.85 Å². The molecule has 0 spiro atoms. The van der Waals surface area contributed by atoms with Crippen LogP contribution in [0.25, 0.3) is 4.85 Å². The van der Waals surface area contributed by atoms with Crippen molar-refractivity contribution in [3.8, 4) is 5.75 Å². The lowest BCUT2D eigenvalue weighted by Gasteiger charge is -1.97. The van der Waals surface area contributed by atoms with E-state index in [1.54, 1.807) is 24.3 Å². The second-order valence-electron chi connectivity index (χ2n) is 3.53. The fourth-order valence-corrected chi connectivity index (χ4v) is 1.64. The van der Waals surface area contributed by atoms with Crippen LogP contribution in [0.5, 0.6) is 5.75 Å². The molecule has 108 valence electrons. The topological polar surface area (TPSA) is 56.7 Å². The molecule has 0 bridgehead atoms. The van der Waals surface area contributed by atoms with Crippen LogP contribution >= 0.6 is 35.1 Å². The first kappa shape index (κ1) is 17.1. The fourth-order valence-electron chi connectivity index (χ4n) is 1.21. The van der Waals surface area contributed by atoms with E-state index in [1.165, 1.54) is 18.2 Å². The van der Waals surface area contributed by atoms with Crippen LogP contribution in [0, 0.1) is 16.7 Å². The van der Waals surface area contributed by atoms with E-state index in [-0.39, 0.29) is 16.5 Å². The van der Waals surface area contributed by atoms with Gasteiger partial charge in [-0.1, -0.05) is 47.5 Å². The van der Waals surface area contributed by atoms with Gasteiger partial charge < -0.3 is 4.29 Å². The van der Waals surface area contributed by atoms with Crippen molar-refractivity contribution in [1.29, 1.82) is 0 Å². The Balaban J connectivity index is 0.000000219. The van der Waals surface area contributed by atoms with Gasteiger partial charge in [0.25, 0.3) is 0 Å². The largest absolute Gasteiger partial charge is 0.378 e. The molecule has 5 nitrogen and oxygen atoms in total. The molecule has 0 unspecified atom stereocenters. The Morgan fingerprint density at radius 1 is 1.10 bits per heavy atom. The van der Waals surface area contributed by atoms with E-state index in [0.717, 1.165) is 0 Å². The predicted molar refractivity (Wildman–Crippen MR) is 82.3 cm³/mol. The van der Waals surface area contributed by atoms with Crippen molar-refractivity contribution in [3.05, 3.63) is 74.0 Å². The van der Waals surface area contributed by atoms with Crippen LogP contribution in [0.2, 0.25) is 10.0 Å². The van der Waals surface area contributed by atoms with Gasteiger partial charge in [0.05, 0.1) is 11.5 Å². The number of halogens is 3. The molecule has 0 aliphatic carbocycles. The minimum atomic E-state index is -0.621. The highest BCUT2D eigenvalue weighted by atomic mass is 35.5. The lowest BCUT2D eigenvalue weighted by atomic mass is 10.3. The van der Waals surface area contributed by atoms with Crippen molar-refractivity contribution in [3.63, 3.8) is 0 Å². The quantitative estimate of drug-likeness (QED) is 0.400. The number of hydrogen-bond acceptors (Lipinski definition) is 3.